The second kappa shape index (κ2) is 10.6. The molecule has 0 aromatic carbocycles. The molecule has 9 heteroatoms. The van der Waals surface area contributed by atoms with Crippen LogP contribution in [-0.4, -0.2) is 43.1 Å². The van der Waals surface area contributed by atoms with Gasteiger partial charge in [0.1, 0.15) is 0 Å². The Morgan fingerprint density at radius 1 is 0.914 bits per heavy atom. The highest BCUT2D eigenvalue weighted by Crippen LogP contribution is 2.30. The first-order valence-corrected chi connectivity index (χ1v) is 11.4. The van der Waals surface area contributed by atoms with E-state index >= 15 is 0 Å². The van der Waals surface area contributed by atoms with Crippen LogP contribution in [0.2, 0.25) is 0 Å². The lowest BCUT2D eigenvalue weighted by Gasteiger charge is -2.07. The summed E-state index contributed by atoms with van der Waals surface area (Å²) in [4.78, 5) is 41.2. The van der Waals surface area contributed by atoms with E-state index in [1.807, 2.05) is 19.9 Å². The van der Waals surface area contributed by atoms with Crippen LogP contribution < -0.4 is 5.32 Å². The van der Waals surface area contributed by atoms with Crippen molar-refractivity contribution in [1.29, 1.82) is 0 Å². The molecular weight excluding hydrogens is 450 g/mol. The fourth-order valence-electron chi connectivity index (χ4n) is 4.53. The Labute approximate surface area is 203 Å². The van der Waals surface area contributed by atoms with Gasteiger partial charge in [0, 0.05) is 53.2 Å². The molecule has 0 bridgehead atoms. The summed E-state index contributed by atoms with van der Waals surface area (Å²) in [6, 6.07) is 0. The Hall–Kier alpha value is -3.85. The molecule has 0 fully saturated rings. The highest BCUT2D eigenvalue weighted by atomic mass is 16.4. The lowest BCUT2D eigenvalue weighted by molar-refractivity contribution is -0.138. The third-order valence-corrected chi connectivity index (χ3v) is 6.54. The van der Waals surface area contributed by atoms with Crippen molar-refractivity contribution in [3.63, 3.8) is 0 Å². The minimum atomic E-state index is -0.910. The van der Waals surface area contributed by atoms with Gasteiger partial charge in [-0.15, -0.1) is 0 Å². The average molecular weight is 482 g/mol. The summed E-state index contributed by atoms with van der Waals surface area (Å²) in [5.74, 6) is -2.01. The first-order valence-electron chi connectivity index (χ1n) is 11.4. The quantitative estimate of drug-likeness (QED) is 0.290. The van der Waals surface area contributed by atoms with E-state index in [1.165, 1.54) is 0 Å². The number of aliphatic carboxylic acids is 2. The van der Waals surface area contributed by atoms with Crippen LogP contribution >= 0.6 is 0 Å². The normalized spacial score (nSPS) is 14.6. The number of aliphatic hydroxyl groups is 1. The van der Waals surface area contributed by atoms with E-state index in [2.05, 4.69) is 21.9 Å². The number of amides is 1. The molecule has 6 N–H and O–H groups in total. The van der Waals surface area contributed by atoms with Gasteiger partial charge < -0.3 is 30.6 Å². The van der Waals surface area contributed by atoms with E-state index in [-0.39, 0.29) is 25.4 Å². The van der Waals surface area contributed by atoms with Crippen molar-refractivity contribution in [3.05, 3.63) is 74.5 Å². The number of H-pyrrole nitrogens is 2. The minimum absolute atomic E-state index is 0.0424. The zero-order valence-corrected chi connectivity index (χ0v) is 20.2. The molecule has 0 unspecified atom stereocenters. The summed E-state index contributed by atoms with van der Waals surface area (Å²) in [5.41, 5.74) is 8.22. The molecule has 0 saturated carbocycles. The molecule has 0 spiro atoms. The molecule has 3 rings (SSSR count). The lowest BCUT2D eigenvalue weighted by atomic mass is 9.98. The van der Waals surface area contributed by atoms with Gasteiger partial charge in [0.2, 0.25) is 0 Å². The second-order valence-electron chi connectivity index (χ2n) is 8.68. The number of aromatic amines is 2. The number of hydrogen-bond acceptors (Lipinski definition) is 4. The van der Waals surface area contributed by atoms with Gasteiger partial charge in [-0.2, -0.15) is 0 Å². The van der Waals surface area contributed by atoms with E-state index in [9.17, 15) is 24.6 Å². The van der Waals surface area contributed by atoms with Crippen molar-refractivity contribution in [2.45, 2.75) is 59.5 Å². The van der Waals surface area contributed by atoms with Gasteiger partial charge in [0.05, 0.1) is 12.3 Å². The topological polar surface area (TPSA) is 156 Å². The predicted molar refractivity (Wildman–Crippen MR) is 131 cm³/mol. The van der Waals surface area contributed by atoms with Crippen molar-refractivity contribution >= 4 is 23.9 Å². The predicted octanol–water partition coefficient (Wildman–Crippen LogP) is 3.05. The Kier molecular flexibility index (Phi) is 7.81. The Balaban J connectivity index is 2.06. The molecule has 0 atom stereocenters. The molecule has 0 saturated heterocycles. The van der Waals surface area contributed by atoms with E-state index in [0.29, 0.717) is 41.8 Å². The smallest absolute Gasteiger partial charge is 0.303 e. The van der Waals surface area contributed by atoms with Crippen molar-refractivity contribution in [1.82, 2.24) is 15.3 Å². The molecule has 1 amide bonds. The van der Waals surface area contributed by atoms with Gasteiger partial charge >= 0.3 is 11.9 Å². The van der Waals surface area contributed by atoms with Gasteiger partial charge in [0.15, 0.2) is 0 Å². The molecule has 3 heterocycles. The Morgan fingerprint density at radius 3 is 2.03 bits per heavy atom. The maximum atomic E-state index is 12.1. The SMILES string of the molecule is C=CC1=C(C)C(=O)N/C1=C\c1[nH]c(Cc2[nH]c(CO)c(C)c2CCC(=O)O)c(CCC(=O)O)c1C. The van der Waals surface area contributed by atoms with E-state index in [4.69, 9.17) is 5.11 Å². The summed E-state index contributed by atoms with van der Waals surface area (Å²) in [6.45, 7) is 9.06. The Morgan fingerprint density at radius 2 is 1.49 bits per heavy atom. The summed E-state index contributed by atoms with van der Waals surface area (Å²) >= 11 is 0. The fourth-order valence-corrected chi connectivity index (χ4v) is 4.53. The summed E-state index contributed by atoms with van der Waals surface area (Å²) < 4.78 is 0. The van der Waals surface area contributed by atoms with Crippen LogP contribution in [0.1, 0.15) is 64.8 Å². The Bertz CT molecular complexity index is 1260. The van der Waals surface area contributed by atoms with Gasteiger partial charge in [-0.1, -0.05) is 12.7 Å². The summed E-state index contributed by atoms with van der Waals surface area (Å²) in [5, 5.41) is 31.0. The van der Waals surface area contributed by atoms with E-state index in [1.54, 1.807) is 13.0 Å². The molecule has 1 aliphatic heterocycles. The molecule has 186 valence electrons. The molecular formula is C26H31N3O6. The van der Waals surface area contributed by atoms with Gasteiger partial charge in [-0.25, -0.2) is 0 Å². The number of allylic oxidation sites excluding steroid dienone is 1. The van der Waals surface area contributed by atoms with Crippen LogP contribution in [0, 0.1) is 13.8 Å². The number of rotatable bonds is 11. The second-order valence-corrected chi connectivity index (χ2v) is 8.68. The standard InChI is InChI=1S/C26H31N3O6/c1-5-16-15(4)26(35)29-20(16)10-19-13(2)17(6-8-24(31)32)21(27-19)11-22-18(7-9-25(33)34)14(3)23(12-30)28-22/h5,10,27-28,30H,1,6-9,11-12H2,2-4H3,(H,29,35)(H,31,32)(H,33,34)/b20-10-. The van der Waals surface area contributed by atoms with E-state index in [0.717, 1.165) is 39.3 Å². The zero-order chi connectivity index (χ0) is 25.9. The fraction of sp³-hybridized carbons (Fsp3) is 0.346. The number of aliphatic hydroxyl groups excluding tert-OH is 1. The maximum absolute atomic E-state index is 12.1. The van der Waals surface area contributed by atoms with Crippen molar-refractivity contribution < 1.29 is 29.7 Å². The first kappa shape index (κ1) is 25.8. The number of carbonyl (C=O) groups excluding carboxylic acids is 1. The molecule has 0 aliphatic carbocycles. The maximum Gasteiger partial charge on any atom is 0.303 e. The van der Waals surface area contributed by atoms with Crippen LogP contribution in [0.5, 0.6) is 0 Å². The number of carboxylic acids is 2. The number of nitrogens with one attached hydrogen (secondary N) is 3. The molecule has 9 nitrogen and oxygen atoms in total. The van der Waals surface area contributed by atoms with Crippen LogP contribution in [0.15, 0.2) is 29.5 Å². The zero-order valence-electron chi connectivity index (χ0n) is 20.2. The van der Waals surface area contributed by atoms with Crippen molar-refractivity contribution in [2.75, 3.05) is 0 Å². The minimum Gasteiger partial charge on any atom is -0.481 e. The number of hydrogen-bond donors (Lipinski definition) is 6. The third kappa shape index (κ3) is 5.46. The molecule has 35 heavy (non-hydrogen) atoms. The lowest BCUT2D eigenvalue weighted by Crippen LogP contribution is -2.15. The van der Waals surface area contributed by atoms with Crippen molar-refractivity contribution in [3.8, 4) is 0 Å². The number of carbonyl (C=O) groups is 3. The summed E-state index contributed by atoms with van der Waals surface area (Å²) in [6.07, 6.45) is 4.35. The largest absolute Gasteiger partial charge is 0.481 e. The van der Waals surface area contributed by atoms with Gasteiger partial charge in [-0.3, -0.25) is 14.4 Å². The van der Waals surface area contributed by atoms with Crippen LogP contribution in [0.3, 0.4) is 0 Å². The molecule has 2 aromatic heterocycles. The third-order valence-electron chi connectivity index (χ3n) is 6.54. The highest BCUT2D eigenvalue weighted by Gasteiger charge is 2.24. The number of aromatic nitrogens is 2. The molecule has 1 aliphatic rings. The monoisotopic (exact) mass is 481 g/mol. The summed E-state index contributed by atoms with van der Waals surface area (Å²) in [7, 11) is 0. The first-order chi connectivity index (χ1) is 16.6. The van der Waals surface area contributed by atoms with Crippen LogP contribution in [0.4, 0.5) is 0 Å². The average Bonchev–Trinajstić information content (AvgIpc) is 3.36. The molecule has 2 aromatic rings. The van der Waals surface area contributed by atoms with E-state index < -0.39 is 11.9 Å². The van der Waals surface area contributed by atoms with Crippen LogP contribution in [-0.2, 0) is 40.3 Å². The van der Waals surface area contributed by atoms with Crippen LogP contribution in [0.25, 0.3) is 6.08 Å². The molecule has 0 radical (unpaired) electrons. The highest BCUT2D eigenvalue weighted by molar-refractivity contribution is 6.01. The van der Waals surface area contributed by atoms with Crippen molar-refractivity contribution in [2.24, 2.45) is 0 Å². The number of carboxylic acid groups (broad SMARTS) is 2. The van der Waals surface area contributed by atoms with Gasteiger partial charge in [-0.05, 0) is 61.9 Å². The van der Waals surface area contributed by atoms with Gasteiger partial charge in [0.25, 0.3) is 5.91 Å².